The van der Waals surface area contributed by atoms with Gasteiger partial charge in [-0.2, -0.15) is 0 Å². The van der Waals surface area contributed by atoms with Gasteiger partial charge in [0.15, 0.2) is 0 Å². The van der Waals surface area contributed by atoms with Crippen molar-refractivity contribution in [2.24, 2.45) is 0 Å². The van der Waals surface area contributed by atoms with Gasteiger partial charge in [0.2, 0.25) is 0 Å². The largest absolute Gasteiger partial charge is 0.478 e. The summed E-state index contributed by atoms with van der Waals surface area (Å²) in [7, 11) is 0. The van der Waals surface area contributed by atoms with Gasteiger partial charge in [-0.1, -0.05) is 0 Å². The second kappa shape index (κ2) is 6.46. The number of rotatable bonds is 6. The van der Waals surface area contributed by atoms with Crippen LogP contribution >= 0.6 is 11.6 Å². The summed E-state index contributed by atoms with van der Waals surface area (Å²) < 4.78 is 0. The molecule has 8 heteroatoms. The topological polar surface area (TPSA) is 121 Å². The number of nitrogens with zero attached hydrogens (tertiary/aromatic N) is 1. The molecule has 3 N–H and O–H groups in total. The molecule has 104 valence electrons. The number of aliphatic hydroxyl groups excluding tert-OH is 2. The van der Waals surface area contributed by atoms with Crippen molar-refractivity contribution in [2.75, 3.05) is 5.88 Å². The van der Waals surface area contributed by atoms with E-state index in [9.17, 15) is 25.1 Å². The lowest BCUT2D eigenvalue weighted by Crippen LogP contribution is -2.20. The summed E-state index contributed by atoms with van der Waals surface area (Å²) in [6.07, 6.45) is -2.70. The Morgan fingerprint density at radius 2 is 2.05 bits per heavy atom. The van der Waals surface area contributed by atoms with Crippen molar-refractivity contribution < 1.29 is 25.0 Å². The number of hydrogen-bond donors (Lipinski definition) is 3. The molecule has 0 aliphatic rings. The third kappa shape index (κ3) is 3.63. The lowest BCUT2D eigenvalue weighted by atomic mass is 9.99. The molecule has 0 saturated carbocycles. The van der Waals surface area contributed by atoms with Crippen molar-refractivity contribution in [1.29, 1.82) is 0 Å². The van der Waals surface area contributed by atoms with E-state index in [2.05, 4.69) is 0 Å². The Bertz CT molecular complexity index is 492. The first kappa shape index (κ1) is 15.4. The molecule has 1 aromatic rings. The van der Waals surface area contributed by atoms with Gasteiger partial charge < -0.3 is 15.3 Å². The molecule has 0 bridgehead atoms. The maximum atomic E-state index is 10.9. The van der Waals surface area contributed by atoms with Gasteiger partial charge in [0.1, 0.15) is 6.10 Å². The Hall–Kier alpha value is -1.70. The average molecular weight is 290 g/mol. The number of halogens is 1. The van der Waals surface area contributed by atoms with Crippen molar-refractivity contribution in [2.45, 2.75) is 18.6 Å². The minimum atomic E-state index is -1.50. The normalized spacial score (nSPS) is 13.8. The van der Waals surface area contributed by atoms with Crippen molar-refractivity contribution in [1.82, 2.24) is 0 Å². The zero-order chi connectivity index (χ0) is 14.6. The minimum absolute atomic E-state index is 0.0561. The summed E-state index contributed by atoms with van der Waals surface area (Å²) in [6.45, 7) is 0. The van der Waals surface area contributed by atoms with E-state index >= 15 is 0 Å². The molecule has 0 spiro atoms. The number of benzene rings is 1. The quantitative estimate of drug-likeness (QED) is 0.412. The molecular formula is C11H12ClNO6. The van der Waals surface area contributed by atoms with Gasteiger partial charge in [0, 0.05) is 11.9 Å². The molecule has 2 unspecified atom stereocenters. The van der Waals surface area contributed by atoms with Crippen LogP contribution in [0.15, 0.2) is 18.2 Å². The Kier molecular flexibility index (Phi) is 5.22. The summed E-state index contributed by atoms with van der Waals surface area (Å²) in [6, 6.07) is 3.08. The highest BCUT2D eigenvalue weighted by atomic mass is 35.5. The van der Waals surface area contributed by atoms with Crippen LogP contribution in [0.2, 0.25) is 0 Å². The monoisotopic (exact) mass is 289 g/mol. The first-order valence-electron chi connectivity index (χ1n) is 5.32. The van der Waals surface area contributed by atoms with Crippen LogP contribution in [0, 0.1) is 10.1 Å². The lowest BCUT2D eigenvalue weighted by molar-refractivity contribution is -0.386. The molecule has 0 aromatic heterocycles. The average Bonchev–Trinajstić information content (AvgIpc) is 2.37. The summed E-state index contributed by atoms with van der Waals surface area (Å²) >= 11 is 5.41. The third-order valence-electron chi connectivity index (χ3n) is 2.56. The number of carboxylic acids is 1. The third-order valence-corrected chi connectivity index (χ3v) is 2.78. The van der Waals surface area contributed by atoms with Crippen molar-refractivity contribution in [3.05, 3.63) is 39.4 Å². The van der Waals surface area contributed by atoms with Crippen molar-refractivity contribution in [3.8, 4) is 0 Å². The van der Waals surface area contributed by atoms with Crippen LogP contribution in [0.4, 0.5) is 5.69 Å². The number of aliphatic hydroxyl groups is 2. The molecule has 2 atom stereocenters. The van der Waals surface area contributed by atoms with Crippen LogP contribution in [0.1, 0.15) is 28.4 Å². The van der Waals surface area contributed by atoms with E-state index in [1.54, 1.807) is 0 Å². The smallest absolute Gasteiger partial charge is 0.335 e. The van der Waals surface area contributed by atoms with E-state index in [1.165, 1.54) is 0 Å². The predicted molar refractivity (Wildman–Crippen MR) is 66.4 cm³/mol. The number of alkyl halides is 1. The highest BCUT2D eigenvalue weighted by Crippen LogP contribution is 2.29. The first-order chi connectivity index (χ1) is 8.88. The number of carboxylic acid groups (broad SMARTS) is 1. The lowest BCUT2D eigenvalue weighted by Gasteiger charge is -2.17. The fraction of sp³-hybridized carbons (Fsp3) is 0.364. The van der Waals surface area contributed by atoms with E-state index in [0.717, 1.165) is 18.2 Å². The highest BCUT2D eigenvalue weighted by molar-refractivity contribution is 6.17. The van der Waals surface area contributed by atoms with Gasteiger partial charge >= 0.3 is 5.97 Å². The summed E-state index contributed by atoms with van der Waals surface area (Å²) in [5, 5.41) is 39.0. The maximum Gasteiger partial charge on any atom is 0.335 e. The van der Waals surface area contributed by atoms with Gasteiger partial charge in [-0.05, 0) is 18.6 Å². The molecule has 0 aliphatic heterocycles. The van der Waals surface area contributed by atoms with Gasteiger partial charge in [0.05, 0.1) is 22.2 Å². The van der Waals surface area contributed by atoms with Crippen LogP contribution in [0.5, 0.6) is 0 Å². The molecular weight excluding hydrogens is 278 g/mol. The minimum Gasteiger partial charge on any atom is -0.478 e. The van der Waals surface area contributed by atoms with Gasteiger partial charge in [0.25, 0.3) is 5.69 Å². The fourth-order valence-electron chi connectivity index (χ4n) is 1.56. The zero-order valence-corrected chi connectivity index (χ0v) is 10.4. The van der Waals surface area contributed by atoms with E-state index in [4.69, 9.17) is 16.7 Å². The zero-order valence-electron chi connectivity index (χ0n) is 9.69. The molecule has 0 radical (unpaired) electrons. The van der Waals surface area contributed by atoms with Gasteiger partial charge in [-0.15, -0.1) is 11.6 Å². The molecule has 0 saturated heterocycles. The SMILES string of the molecule is O=C(O)c1ccc(C(O)C(O)CCCl)c([N+](=O)[O-])c1. The van der Waals surface area contributed by atoms with E-state index in [0.29, 0.717) is 0 Å². The molecule has 0 fully saturated rings. The maximum absolute atomic E-state index is 10.9. The fourth-order valence-corrected chi connectivity index (χ4v) is 1.79. The predicted octanol–water partition coefficient (Wildman–Crippen LogP) is 1.32. The molecule has 0 amide bonds. The summed E-state index contributed by atoms with van der Waals surface area (Å²) in [5.74, 6) is -1.23. The highest BCUT2D eigenvalue weighted by Gasteiger charge is 2.27. The Labute approximate surface area is 113 Å². The van der Waals surface area contributed by atoms with Crippen molar-refractivity contribution in [3.63, 3.8) is 0 Å². The Balaban J connectivity index is 3.20. The van der Waals surface area contributed by atoms with Gasteiger partial charge in [-0.25, -0.2) is 4.79 Å². The van der Waals surface area contributed by atoms with Gasteiger partial charge in [-0.3, -0.25) is 10.1 Å². The molecule has 1 aromatic carbocycles. The Morgan fingerprint density at radius 1 is 1.42 bits per heavy atom. The van der Waals surface area contributed by atoms with Crippen molar-refractivity contribution >= 4 is 23.3 Å². The van der Waals surface area contributed by atoms with E-state index < -0.39 is 28.8 Å². The number of carbonyl (C=O) groups is 1. The second-order valence-electron chi connectivity index (χ2n) is 3.83. The number of aromatic carboxylic acids is 1. The van der Waals surface area contributed by atoms with E-state index in [1.807, 2.05) is 0 Å². The van der Waals surface area contributed by atoms with Crippen LogP contribution in [0.3, 0.4) is 0 Å². The van der Waals surface area contributed by atoms with E-state index in [-0.39, 0.29) is 23.4 Å². The first-order valence-corrected chi connectivity index (χ1v) is 5.85. The summed E-state index contributed by atoms with van der Waals surface area (Å²) in [5.41, 5.74) is -0.969. The standard InChI is InChI=1S/C11H12ClNO6/c12-4-3-9(14)10(15)7-2-1-6(11(16)17)5-8(7)13(18)19/h1-2,5,9-10,14-15H,3-4H2,(H,16,17). The summed E-state index contributed by atoms with van der Waals surface area (Å²) in [4.78, 5) is 20.8. The number of hydrogen-bond acceptors (Lipinski definition) is 5. The number of nitro benzene ring substituents is 1. The number of nitro groups is 1. The van der Waals surface area contributed by atoms with Crippen LogP contribution in [-0.4, -0.2) is 38.2 Å². The van der Waals surface area contributed by atoms with Crippen LogP contribution < -0.4 is 0 Å². The molecule has 19 heavy (non-hydrogen) atoms. The van der Waals surface area contributed by atoms with Crippen LogP contribution in [0.25, 0.3) is 0 Å². The Morgan fingerprint density at radius 3 is 2.53 bits per heavy atom. The second-order valence-corrected chi connectivity index (χ2v) is 4.20. The van der Waals surface area contributed by atoms with Crippen LogP contribution in [-0.2, 0) is 0 Å². The molecule has 7 nitrogen and oxygen atoms in total. The molecule has 0 heterocycles. The molecule has 0 aliphatic carbocycles. The molecule has 1 rings (SSSR count).